The van der Waals surface area contributed by atoms with Crippen LogP contribution in [0, 0.1) is 0 Å². The van der Waals surface area contributed by atoms with Crippen LogP contribution >= 0.6 is 0 Å². The minimum atomic E-state index is -1.25. The molecule has 0 aliphatic heterocycles. The van der Waals surface area contributed by atoms with E-state index in [1.165, 1.54) is 12.1 Å². The van der Waals surface area contributed by atoms with Crippen LogP contribution in [-0.4, -0.2) is 53.1 Å². The van der Waals surface area contributed by atoms with Crippen LogP contribution in [0.4, 0.5) is 5.69 Å². The van der Waals surface area contributed by atoms with Crippen LogP contribution in [0.5, 0.6) is 0 Å². The molecular formula is C16H22N2O5. The van der Waals surface area contributed by atoms with Gasteiger partial charge in [0.1, 0.15) is 0 Å². The Hall–Kier alpha value is -2.41. The molecule has 7 heteroatoms. The number of amides is 1. The largest absolute Gasteiger partial charge is 0.478 e. The van der Waals surface area contributed by atoms with E-state index in [9.17, 15) is 14.4 Å². The lowest BCUT2D eigenvalue weighted by Gasteiger charge is -2.15. The van der Waals surface area contributed by atoms with Crippen molar-refractivity contribution in [2.24, 2.45) is 0 Å². The van der Waals surface area contributed by atoms with Crippen LogP contribution in [0.2, 0.25) is 0 Å². The first-order valence-electron chi connectivity index (χ1n) is 7.43. The molecule has 1 amide bonds. The maximum absolute atomic E-state index is 11.9. The summed E-state index contributed by atoms with van der Waals surface area (Å²) in [5.41, 5.74) is -0.191. The second-order valence-corrected chi connectivity index (χ2v) is 5.36. The lowest BCUT2D eigenvalue weighted by atomic mass is 10.1. The molecule has 126 valence electrons. The number of rotatable bonds is 9. The molecule has 0 saturated heterocycles. The van der Waals surface area contributed by atoms with Crippen molar-refractivity contribution in [2.75, 3.05) is 25.5 Å². The van der Waals surface area contributed by atoms with Crippen molar-refractivity contribution in [2.45, 2.75) is 26.2 Å². The van der Waals surface area contributed by atoms with E-state index in [0.717, 1.165) is 25.5 Å². The van der Waals surface area contributed by atoms with Gasteiger partial charge in [-0.2, -0.15) is 0 Å². The van der Waals surface area contributed by atoms with Crippen LogP contribution in [0.15, 0.2) is 18.2 Å². The second kappa shape index (κ2) is 8.89. The second-order valence-electron chi connectivity index (χ2n) is 5.36. The SMILES string of the molecule is CCCCN(C)CCC(=O)Nc1cc(C(=O)O)cc(C(=O)O)c1. The zero-order chi connectivity index (χ0) is 17.4. The number of aromatic carboxylic acids is 2. The standard InChI is InChI=1S/C16H22N2O5/c1-3-4-6-18(2)7-5-14(19)17-13-9-11(15(20)21)8-12(10-13)16(22)23/h8-10H,3-7H2,1-2H3,(H,17,19)(H,20,21)(H,22,23). The minimum absolute atomic E-state index is 0.170. The Labute approximate surface area is 134 Å². The number of carbonyl (C=O) groups is 3. The minimum Gasteiger partial charge on any atom is -0.478 e. The molecular weight excluding hydrogens is 300 g/mol. The molecule has 0 spiro atoms. The molecule has 0 saturated carbocycles. The summed E-state index contributed by atoms with van der Waals surface area (Å²) >= 11 is 0. The van der Waals surface area contributed by atoms with Crippen LogP contribution < -0.4 is 5.32 Å². The van der Waals surface area contributed by atoms with Crippen molar-refractivity contribution in [1.29, 1.82) is 0 Å². The molecule has 0 fully saturated rings. The van der Waals surface area contributed by atoms with Crippen molar-refractivity contribution in [3.05, 3.63) is 29.3 Å². The predicted molar refractivity (Wildman–Crippen MR) is 86.0 cm³/mol. The number of anilines is 1. The molecule has 0 aliphatic carbocycles. The normalized spacial score (nSPS) is 10.6. The molecule has 1 aromatic rings. The number of carbonyl (C=O) groups excluding carboxylic acids is 1. The summed E-state index contributed by atoms with van der Waals surface area (Å²) in [5, 5.41) is 20.5. The van der Waals surface area contributed by atoms with Gasteiger partial charge in [0.15, 0.2) is 0 Å². The smallest absolute Gasteiger partial charge is 0.335 e. The first-order valence-corrected chi connectivity index (χ1v) is 7.43. The first-order chi connectivity index (χ1) is 10.8. The number of hydrogen-bond donors (Lipinski definition) is 3. The third-order valence-corrected chi connectivity index (χ3v) is 3.32. The average Bonchev–Trinajstić information content (AvgIpc) is 2.50. The monoisotopic (exact) mass is 322 g/mol. The fraction of sp³-hybridized carbons (Fsp3) is 0.438. The molecule has 0 bridgehead atoms. The molecule has 0 heterocycles. The van der Waals surface area contributed by atoms with Gasteiger partial charge in [-0.15, -0.1) is 0 Å². The lowest BCUT2D eigenvalue weighted by Crippen LogP contribution is -2.25. The Morgan fingerprint density at radius 3 is 2.09 bits per heavy atom. The van der Waals surface area contributed by atoms with E-state index in [1.807, 2.05) is 11.9 Å². The summed E-state index contributed by atoms with van der Waals surface area (Å²) in [6.45, 7) is 3.58. The Kier molecular flexibility index (Phi) is 7.21. The van der Waals surface area contributed by atoms with Gasteiger partial charge in [-0.25, -0.2) is 9.59 Å². The van der Waals surface area contributed by atoms with Gasteiger partial charge in [-0.3, -0.25) is 4.79 Å². The van der Waals surface area contributed by atoms with E-state index < -0.39 is 11.9 Å². The van der Waals surface area contributed by atoms with Gasteiger partial charge in [-0.1, -0.05) is 13.3 Å². The number of nitrogens with zero attached hydrogens (tertiary/aromatic N) is 1. The number of carboxylic acids is 2. The highest BCUT2D eigenvalue weighted by Crippen LogP contribution is 2.16. The Morgan fingerprint density at radius 1 is 1.04 bits per heavy atom. The van der Waals surface area contributed by atoms with Crippen molar-refractivity contribution < 1.29 is 24.6 Å². The zero-order valence-corrected chi connectivity index (χ0v) is 13.3. The van der Waals surface area contributed by atoms with Crippen molar-refractivity contribution >= 4 is 23.5 Å². The molecule has 1 aromatic carbocycles. The van der Waals surface area contributed by atoms with Gasteiger partial charge in [0.05, 0.1) is 11.1 Å². The summed E-state index contributed by atoms with van der Waals surface area (Å²) in [6, 6.07) is 3.54. The van der Waals surface area contributed by atoms with E-state index in [0.29, 0.717) is 6.54 Å². The molecule has 7 nitrogen and oxygen atoms in total. The summed E-state index contributed by atoms with van der Waals surface area (Å²) in [4.78, 5) is 36.0. The number of benzene rings is 1. The van der Waals surface area contributed by atoms with Gasteiger partial charge >= 0.3 is 11.9 Å². The van der Waals surface area contributed by atoms with Crippen molar-refractivity contribution in [3.63, 3.8) is 0 Å². The number of hydrogen-bond acceptors (Lipinski definition) is 4. The lowest BCUT2D eigenvalue weighted by molar-refractivity contribution is -0.116. The van der Waals surface area contributed by atoms with Gasteiger partial charge in [0, 0.05) is 18.7 Å². The molecule has 0 aromatic heterocycles. The first kappa shape index (κ1) is 18.6. The zero-order valence-electron chi connectivity index (χ0n) is 13.3. The summed E-state index contributed by atoms with van der Waals surface area (Å²) < 4.78 is 0. The third kappa shape index (κ3) is 6.48. The van der Waals surface area contributed by atoms with E-state index in [2.05, 4.69) is 12.2 Å². The highest BCUT2D eigenvalue weighted by molar-refractivity contribution is 5.98. The topological polar surface area (TPSA) is 107 Å². The van der Waals surface area contributed by atoms with Crippen LogP contribution in [0.3, 0.4) is 0 Å². The summed E-state index contributed by atoms with van der Waals surface area (Å²) in [6.07, 6.45) is 2.39. The van der Waals surface area contributed by atoms with E-state index >= 15 is 0 Å². The maximum atomic E-state index is 11.9. The predicted octanol–water partition coefficient (Wildman–Crippen LogP) is 2.14. The van der Waals surface area contributed by atoms with Crippen LogP contribution in [0.1, 0.15) is 46.9 Å². The van der Waals surface area contributed by atoms with Crippen LogP contribution in [-0.2, 0) is 4.79 Å². The molecule has 23 heavy (non-hydrogen) atoms. The van der Waals surface area contributed by atoms with Gasteiger partial charge in [-0.05, 0) is 38.2 Å². The van der Waals surface area contributed by atoms with E-state index in [-0.39, 0.29) is 29.1 Å². The van der Waals surface area contributed by atoms with Crippen molar-refractivity contribution in [1.82, 2.24) is 4.90 Å². The molecule has 1 rings (SSSR count). The Balaban J connectivity index is 2.70. The summed E-state index contributed by atoms with van der Waals surface area (Å²) in [7, 11) is 1.93. The quantitative estimate of drug-likeness (QED) is 0.643. The molecule has 0 radical (unpaired) electrons. The molecule has 3 N–H and O–H groups in total. The number of unbranched alkanes of at least 4 members (excludes halogenated alkanes) is 1. The fourth-order valence-electron chi connectivity index (χ4n) is 2.00. The molecule has 0 aliphatic rings. The Morgan fingerprint density at radius 2 is 1.61 bits per heavy atom. The highest BCUT2D eigenvalue weighted by atomic mass is 16.4. The third-order valence-electron chi connectivity index (χ3n) is 3.32. The highest BCUT2D eigenvalue weighted by Gasteiger charge is 2.13. The van der Waals surface area contributed by atoms with Gasteiger partial charge in [0.25, 0.3) is 0 Å². The summed E-state index contributed by atoms with van der Waals surface area (Å²) in [5.74, 6) is -2.78. The van der Waals surface area contributed by atoms with Crippen LogP contribution in [0.25, 0.3) is 0 Å². The maximum Gasteiger partial charge on any atom is 0.335 e. The van der Waals surface area contributed by atoms with Gasteiger partial charge < -0.3 is 20.4 Å². The molecule has 0 unspecified atom stereocenters. The molecule has 0 atom stereocenters. The number of carboxylic acid groups (broad SMARTS) is 2. The average molecular weight is 322 g/mol. The van der Waals surface area contributed by atoms with Crippen molar-refractivity contribution in [3.8, 4) is 0 Å². The number of nitrogens with one attached hydrogen (secondary N) is 1. The van der Waals surface area contributed by atoms with E-state index in [4.69, 9.17) is 10.2 Å². The van der Waals surface area contributed by atoms with Gasteiger partial charge in [0.2, 0.25) is 5.91 Å². The Bertz CT molecular complexity index is 554. The van der Waals surface area contributed by atoms with E-state index in [1.54, 1.807) is 0 Å². The fourth-order valence-corrected chi connectivity index (χ4v) is 2.00.